The maximum Gasteiger partial charge on any atom is 0.328 e. The minimum absolute atomic E-state index is 0.479. The van der Waals surface area contributed by atoms with Crippen molar-refractivity contribution < 1.29 is 32.6 Å². The number of benzene rings is 1. The first kappa shape index (κ1) is 18.4. The third kappa shape index (κ3) is 2.33. The highest BCUT2D eigenvalue weighted by atomic mass is 32.2. The van der Waals surface area contributed by atoms with Crippen LogP contribution in [0, 0.1) is 5.92 Å². The molecule has 0 saturated carbocycles. The molecule has 2 aliphatic rings. The highest BCUT2D eigenvalue weighted by Crippen LogP contribution is 2.52. The van der Waals surface area contributed by atoms with Crippen LogP contribution in [0.4, 0.5) is 0 Å². The molecule has 0 spiro atoms. The topological polar surface area (TPSA) is 118 Å². The van der Waals surface area contributed by atoms with Crippen LogP contribution in [0.5, 0.6) is 0 Å². The molecular formula is C17H19NO7S. The van der Waals surface area contributed by atoms with Crippen LogP contribution in [0.2, 0.25) is 0 Å². The Morgan fingerprint density at radius 1 is 1.23 bits per heavy atom. The maximum atomic E-state index is 13.0. The van der Waals surface area contributed by atoms with Crippen LogP contribution >= 0.6 is 0 Å². The molecule has 1 aromatic carbocycles. The molecule has 1 amide bonds. The van der Waals surface area contributed by atoms with E-state index in [0.29, 0.717) is 5.56 Å². The predicted octanol–water partition coefficient (Wildman–Crippen LogP) is 0.735. The van der Waals surface area contributed by atoms with E-state index in [4.69, 9.17) is 4.74 Å². The van der Waals surface area contributed by atoms with Gasteiger partial charge in [-0.25, -0.2) is 13.2 Å². The number of carboxylic acid groups (broad SMARTS) is 1. The molecule has 4 atom stereocenters. The Balaban J connectivity index is 2.08. The molecule has 0 radical (unpaired) electrons. The van der Waals surface area contributed by atoms with Crippen LogP contribution < -0.4 is 0 Å². The summed E-state index contributed by atoms with van der Waals surface area (Å²) in [5, 5.41) is 8.13. The molecule has 0 bridgehead atoms. The first-order valence-corrected chi connectivity index (χ1v) is 9.57. The number of carbonyl (C=O) groups excluding carboxylic acids is 2. The molecule has 8 nitrogen and oxygen atoms in total. The molecule has 0 aromatic heterocycles. The Kier molecular flexibility index (Phi) is 4.10. The molecule has 0 aliphatic carbocycles. The summed E-state index contributed by atoms with van der Waals surface area (Å²) in [6.45, 7) is 3.77. The van der Waals surface area contributed by atoms with Crippen LogP contribution in [0.3, 0.4) is 0 Å². The number of aliphatic carboxylic acids is 1. The minimum Gasteiger partial charge on any atom is -0.480 e. The molecule has 140 valence electrons. The summed E-state index contributed by atoms with van der Waals surface area (Å²) in [6, 6.07) is 6.88. The van der Waals surface area contributed by atoms with Gasteiger partial charge in [-0.1, -0.05) is 30.3 Å². The number of carbonyl (C=O) groups is 3. The first-order valence-electron chi connectivity index (χ1n) is 8.02. The SMILES string of the molecule is CC(=O)OC(c1ccccc1)[C@@H]1C(=O)N2[C@@H](C(=O)O)C(C)(C)S(=O)(=O)[C@H]12. The molecule has 2 heterocycles. The highest BCUT2D eigenvalue weighted by molar-refractivity contribution is 7.93. The third-order valence-electron chi connectivity index (χ3n) is 5.09. The molecule has 2 fully saturated rings. The number of hydrogen-bond acceptors (Lipinski definition) is 6. The fraction of sp³-hybridized carbons (Fsp3) is 0.471. The van der Waals surface area contributed by atoms with Crippen LogP contribution in [-0.4, -0.2) is 52.4 Å². The fourth-order valence-electron chi connectivity index (χ4n) is 3.79. The Bertz CT molecular complexity index is 878. The second kappa shape index (κ2) is 5.80. The Morgan fingerprint density at radius 3 is 2.31 bits per heavy atom. The summed E-state index contributed by atoms with van der Waals surface area (Å²) in [5.41, 5.74) is 0.479. The third-order valence-corrected chi connectivity index (χ3v) is 7.94. The molecule has 26 heavy (non-hydrogen) atoms. The van der Waals surface area contributed by atoms with Crippen molar-refractivity contribution in [2.45, 2.75) is 43.0 Å². The van der Waals surface area contributed by atoms with E-state index in [1.807, 2.05) is 0 Å². The number of amides is 1. The average Bonchev–Trinajstić information content (AvgIpc) is 2.69. The van der Waals surface area contributed by atoms with Crippen LogP contribution in [0.1, 0.15) is 32.4 Å². The Hall–Kier alpha value is -2.42. The number of nitrogens with zero attached hydrogens (tertiary/aromatic N) is 1. The van der Waals surface area contributed by atoms with Gasteiger partial charge in [0.05, 0.1) is 4.75 Å². The van der Waals surface area contributed by atoms with Gasteiger partial charge in [-0.2, -0.15) is 0 Å². The van der Waals surface area contributed by atoms with Crippen molar-refractivity contribution in [1.82, 2.24) is 4.90 Å². The highest BCUT2D eigenvalue weighted by Gasteiger charge is 2.73. The summed E-state index contributed by atoms with van der Waals surface area (Å²) in [5.74, 6) is -3.85. The number of sulfone groups is 1. The number of hydrogen-bond donors (Lipinski definition) is 1. The van der Waals surface area contributed by atoms with Crippen molar-refractivity contribution in [3.8, 4) is 0 Å². The lowest BCUT2D eigenvalue weighted by molar-refractivity contribution is -0.175. The fourth-order valence-corrected chi connectivity index (χ4v) is 6.11. The van der Waals surface area contributed by atoms with Crippen molar-refractivity contribution in [2.75, 3.05) is 0 Å². The molecular weight excluding hydrogens is 362 g/mol. The van der Waals surface area contributed by atoms with Gasteiger partial charge >= 0.3 is 11.9 Å². The monoisotopic (exact) mass is 381 g/mol. The summed E-state index contributed by atoms with van der Waals surface area (Å²) in [4.78, 5) is 36.8. The largest absolute Gasteiger partial charge is 0.480 e. The predicted molar refractivity (Wildman–Crippen MR) is 89.5 cm³/mol. The van der Waals surface area contributed by atoms with Crippen molar-refractivity contribution in [1.29, 1.82) is 0 Å². The molecule has 2 saturated heterocycles. The van der Waals surface area contributed by atoms with Crippen molar-refractivity contribution in [3.63, 3.8) is 0 Å². The van der Waals surface area contributed by atoms with Crippen LogP contribution in [0.15, 0.2) is 30.3 Å². The minimum atomic E-state index is -4.00. The first-order chi connectivity index (χ1) is 12.0. The Labute approximate surface area is 150 Å². The van der Waals surface area contributed by atoms with E-state index in [9.17, 15) is 27.9 Å². The van der Waals surface area contributed by atoms with E-state index in [1.54, 1.807) is 30.3 Å². The number of ether oxygens (including phenoxy) is 1. The van der Waals surface area contributed by atoms with Crippen LogP contribution in [-0.2, 0) is 29.0 Å². The normalized spacial score (nSPS) is 29.4. The van der Waals surface area contributed by atoms with E-state index < -0.39 is 55.9 Å². The Morgan fingerprint density at radius 2 is 1.81 bits per heavy atom. The van der Waals surface area contributed by atoms with Crippen LogP contribution in [0.25, 0.3) is 0 Å². The lowest BCUT2D eigenvalue weighted by Gasteiger charge is -2.45. The lowest BCUT2D eigenvalue weighted by atomic mass is 9.85. The molecule has 1 unspecified atom stereocenters. The van der Waals surface area contributed by atoms with E-state index >= 15 is 0 Å². The number of β-lactam (4-membered cyclic amide) rings is 1. The lowest BCUT2D eigenvalue weighted by Crippen LogP contribution is -2.65. The molecule has 3 rings (SSSR count). The molecule has 1 N–H and O–H groups in total. The summed E-state index contributed by atoms with van der Waals surface area (Å²) in [7, 11) is -4.00. The van der Waals surface area contributed by atoms with E-state index in [1.165, 1.54) is 20.8 Å². The standard InChI is InChI=1S/C17H19NO7S/c1-9(19)25-12(10-7-5-4-6-8-10)11-14(20)18-13(16(21)22)17(2,3)26(23,24)15(11)18/h4-8,11-13,15H,1-3H3,(H,21,22)/t11-,12?,13+,15-/m1/s1. The van der Waals surface area contributed by atoms with Crippen molar-refractivity contribution >= 4 is 27.7 Å². The number of fused-ring (bicyclic) bond motifs is 1. The summed E-state index contributed by atoms with van der Waals surface area (Å²) < 4.78 is 29.6. The van der Waals surface area contributed by atoms with Gasteiger partial charge in [-0.15, -0.1) is 0 Å². The quantitative estimate of drug-likeness (QED) is 0.603. The number of rotatable bonds is 4. The smallest absolute Gasteiger partial charge is 0.328 e. The van der Waals surface area contributed by atoms with Gasteiger partial charge < -0.3 is 14.7 Å². The van der Waals surface area contributed by atoms with E-state index in [0.717, 1.165) is 4.90 Å². The average molecular weight is 381 g/mol. The second-order valence-corrected chi connectivity index (χ2v) is 9.62. The van der Waals surface area contributed by atoms with Gasteiger partial charge in [-0.05, 0) is 19.4 Å². The maximum absolute atomic E-state index is 13.0. The number of carboxylic acids is 1. The molecule has 9 heteroatoms. The zero-order chi connectivity index (χ0) is 19.4. The zero-order valence-electron chi connectivity index (χ0n) is 14.4. The summed E-state index contributed by atoms with van der Waals surface area (Å²) >= 11 is 0. The van der Waals surface area contributed by atoms with Gasteiger partial charge in [0, 0.05) is 6.92 Å². The molecule has 1 aromatic rings. The second-order valence-electron chi connectivity index (χ2n) is 6.99. The zero-order valence-corrected chi connectivity index (χ0v) is 15.3. The number of esters is 1. The van der Waals surface area contributed by atoms with Gasteiger partial charge in [0.1, 0.15) is 18.1 Å². The van der Waals surface area contributed by atoms with Crippen molar-refractivity contribution in [2.24, 2.45) is 5.92 Å². The van der Waals surface area contributed by atoms with Gasteiger partial charge in [-0.3, -0.25) is 9.59 Å². The molecule has 2 aliphatic heterocycles. The van der Waals surface area contributed by atoms with E-state index in [2.05, 4.69) is 0 Å². The van der Waals surface area contributed by atoms with Gasteiger partial charge in [0.15, 0.2) is 15.2 Å². The van der Waals surface area contributed by atoms with Gasteiger partial charge in [0.2, 0.25) is 5.91 Å². The summed E-state index contributed by atoms with van der Waals surface area (Å²) in [6.07, 6.45) is -1.10. The van der Waals surface area contributed by atoms with Gasteiger partial charge in [0.25, 0.3) is 0 Å². The van der Waals surface area contributed by atoms with E-state index in [-0.39, 0.29) is 0 Å². The van der Waals surface area contributed by atoms with Crippen molar-refractivity contribution in [3.05, 3.63) is 35.9 Å².